The molecule has 2 aromatic carbocycles. The standard InChI is InChI=1S/C50H70N10O20/c1-6-24(2)41(58-42(70)26(4)52-38(65)18-25(3)62)47(75)55-33(19-28-10-8-7-9-11-28)44(72)53-31(16-17-39(66)67)43(71)57-35(23-61)46(74)54-32(20-29-12-14-30(63)15-13-29)45(73)56-34(21-40(68)69)48(76)60(59-27(5)49(77)78)36(50(79)80)22-37(51)64/h7-15,24-27,31-36,41,59,61-63H,6,16-23H2,1-5H3,(H2,51,64)(H,52,65)(H,53,72)(H,54,74)(H,55,75)(H,56,73)(H,57,71)(H,58,70)(H,66,67)(H,68,69)(H,77,78)(H,79,80)/t24-,25?,26-,27-,31-,32-,33-,34-,35-,36-,41-/m0/s1. The molecule has 30 nitrogen and oxygen atoms in total. The summed E-state index contributed by atoms with van der Waals surface area (Å²) in [4.78, 5) is 170. The summed E-state index contributed by atoms with van der Waals surface area (Å²) in [5, 5.41) is 85.2. The van der Waals surface area contributed by atoms with Crippen molar-refractivity contribution < 1.29 is 98.1 Å². The van der Waals surface area contributed by atoms with Crippen molar-refractivity contribution in [3.8, 4) is 5.75 Å². The molecule has 80 heavy (non-hydrogen) atoms. The smallest absolute Gasteiger partial charge is 0.328 e. The molecule has 0 aliphatic carbocycles. The van der Waals surface area contributed by atoms with Crippen LogP contribution in [-0.4, -0.2) is 185 Å². The molecule has 17 N–H and O–H groups in total. The van der Waals surface area contributed by atoms with Gasteiger partial charge in [0.25, 0.3) is 5.91 Å². The van der Waals surface area contributed by atoms with Crippen LogP contribution in [-0.2, 0) is 75.2 Å². The van der Waals surface area contributed by atoms with Gasteiger partial charge in [0.2, 0.25) is 47.3 Å². The van der Waals surface area contributed by atoms with Crippen molar-refractivity contribution in [1.82, 2.24) is 47.7 Å². The third-order valence-corrected chi connectivity index (χ3v) is 12.0. The number of carboxylic acid groups (broad SMARTS) is 4. The van der Waals surface area contributed by atoms with Crippen molar-refractivity contribution in [2.45, 2.75) is 146 Å². The number of hydrogen-bond acceptors (Lipinski definition) is 17. The molecule has 0 aliphatic heterocycles. The molecular weight excluding hydrogens is 1060 g/mol. The normalized spacial score (nSPS) is 15.1. The van der Waals surface area contributed by atoms with E-state index in [1.54, 1.807) is 44.2 Å². The van der Waals surface area contributed by atoms with Gasteiger partial charge in [-0.05, 0) is 56.4 Å². The summed E-state index contributed by atoms with van der Waals surface area (Å²) in [7, 11) is 0. The number of nitrogens with two attached hydrogens (primary N) is 1. The highest BCUT2D eigenvalue weighted by molar-refractivity contribution is 5.99. The zero-order valence-corrected chi connectivity index (χ0v) is 44.4. The predicted molar refractivity (Wildman–Crippen MR) is 275 cm³/mol. The van der Waals surface area contributed by atoms with Crippen molar-refractivity contribution in [1.29, 1.82) is 0 Å². The van der Waals surface area contributed by atoms with Crippen LogP contribution in [0.2, 0.25) is 0 Å². The zero-order chi connectivity index (χ0) is 60.6. The molecule has 2 aromatic rings. The predicted octanol–water partition coefficient (Wildman–Crippen LogP) is -4.13. The molecule has 0 heterocycles. The number of hydrogen-bond donors (Lipinski definition) is 16. The number of benzene rings is 2. The number of hydrazine groups is 1. The molecule has 0 aromatic heterocycles. The summed E-state index contributed by atoms with van der Waals surface area (Å²) in [5.74, 6) is -18.0. The monoisotopic (exact) mass is 1130 g/mol. The van der Waals surface area contributed by atoms with Crippen LogP contribution in [0.15, 0.2) is 54.6 Å². The average Bonchev–Trinajstić information content (AvgIpc) is 3.38. The molecular formula is C50H70N10O20. The van der Waals surface area contributed by atoms with E-state index in [4.69, 9.17) is 5.73 Å². The minimum atomic E-state index is -2.28. The molecule has 0 aliphatic rings. The lowest BCUT2D eigenvalue weighted by molar-refractivity contribution is -0.160. The quantitative estimate of drug-likeness (QED) is 0.0292. The third-order valence-electron chi connectivity index (χ3n) is 12.0. The van der Waals surface area contributed by atoms with Crippen LogP contribution in [0.1, 0.15) is 84.3 Å². The highest BCUT2D eigenvalue weighted by atomic mass is 16.4. The second-order valence-electron chi connectivity index (χ2n) is 18.7. The molecule has 0 saturated carbocycles. The van der Waals surface area contributed by atoms with Crippen LogP contribution in [0.25, 0.3) is 0 Å². The second kappa shape index (κ2) is 32.8. The topological polar surface area (TPSA) is 489 Å². The van der Waals surface area contributed by atoms with E-state index >= 15 is 0 Å². The van der Waals surface area contributed by atoms with Crippen LogP contribution >= 0.6 is 0 Å². The molecule has 30 heteroatoms. The Bertz CT molecular complexity index is 2530. The number of phenolic OH excluding ortho intramolecular Hbond substituents is 1. The summed E-state index contributed by atoms with van der Waals surface area (Å²) < 4.78 is 0. The molecule has 0 saturated heterocycles. The molecule has 440 valence electrons. The second-order valence-corrected chi connectivity index (χ2v) is 18.7. The van der Waals surface area contributed by atoms with Gasteiger partial charge in [-0.2, -0.15) is 0 Å². The van der Waals surface area contributed by atoms with Gasteiger partial charge in [-0.3, -0.25) is 62.5 Å². The maximum atomic E-state index is 14.3. The number of aliphatic carboxylic acids is 4. The van der Waals surface area contributed by atoms with E-state index in [1.165, 1.54) is 38.1 Å². The summed E-state index contributed by atoms with van der Waals surface area (Å²) in [6, 6.07) is -3.13. The number of aliphatic hydroxyl groups is 2. The lowest BCUT2D eigenvalue weighted by Gasteiger charge is -2.33. The number of amides is 9. The number of primary amides is 1. The van der Waals surface area contributed by atoms with E-state index in [1.807, 2.05) is 5.43 Å². The van der Waals surface area contributed by atoms with Gasteiger partial charge in [0, 0.05) is 19.3 Å². The van der Waals surface area contributed by atoms with Gasteiger partial charge in [0.1, 0.15) is 54.1 Å². The van der Waals surface area contributed by atoms with Crippen LogP contribution in [0.4, 0.5) is 0 Å². The van der Waals surface area contributed by atoms with E-state index < -0.39 is 182 Å². The Morgan fingerprint density at radius 2 is 1.05 bits per heavy atom. The van der Waals surface area contributed by atoms with E-state index in [9.17, 15) is 98.1 Å². The number of nitrogens with one attached hydrogen (secondary N) is 8. The summed E-state index contributed by atoms with van der Waals surface area (Å²) >= 11 is 0. The minimum Gasteiger partial charge on any atom is -0.508 e. The number of nitrogens with zero attached hydrogens (tertiary/aromatic N) is 1. The van der Waals surface area contributed by atoms with Crippen molar-refractivity contribution in [2.24, 2.45) is 11.7 Å². The lowest BCUT2D eigenvalue weighted by atomic mass is 9.96. The van der Waals surface area contributed by atoms with E-state index in [-0.39, 0.29) is 29.2 Å². The fraction of sp³-hybridized carbons (Fsp3) is 0.500. The number of aromatic hydroxyl groups is 1. The first-order valence-corrected chi connectivity index (χ1v) is 25.0. The van der Waals surface area contributed by atoms with Crippen LogP contribution < -0.4 is 48.4 Å². The molecule has 0 spiro atoms. The number of carbonyl (C=O) groups is 13. The Balaban J connectivity index is 2.56. The number of carbonyl (C=O) groups excluding carboxylic acids is 9. The van der Waals surface area contributed by atoms with Gasteiger partial charge in [-0.15, -0.1) is 0 Å². The van der Waals surface area contributed by atoms with Crippen LogP contribution in [0.5, 0.6) is 5.75 Å². The number of aliphatic hydroxyl groups excluding tert-OH is 2. The molecule has 0 fully saturated rings. The van der Waals surface area contributed by atoms with Crippen molar-refractivity contribution >= 4 is 77.0 Å². The van der Waals surface area contributed by atoms with Crippen molar-refractivity contribution in [3.63, 3.8) is 0 Å². The maximum absolute atomic E-state index is 14.3. The third kappa shape index (κ3) is 23.1. The van der Waals surface area contributed by atoms with Gasteiger partial charge in [-0.25, -0.2) is 10.2 Å². The largest absolute Gasteiger partial charge is 0.508 e. The number of rotatable bonds is 35. The summed E-state index contributed by atoms with van der Waals surface area (Å²) in [6.07, 6.45) is -5.69. The van der Waals surface area contributed by atoms with E-state index in [0.717, 1.165) is 6.92 Å². The minimum absolute atomic E-state index is 0.0971. The summed E-state index contributed by atoms with van der Waals surface area (Å²) in [6.45, 7) is 5.76. The Morgan fingerprint density at radius 1 is 0.550 bits per heavy atom. The van der Waals surface area contributed by atoms with Crippen molar-refractivity contribution in [3.05, 3.63) is 65.7 Å². The van der Waals surface area contributed by atoms with Crippen LogP contribution in [0, 0.1) is 5.92 Å². The van der Waals surface area contributed by atoms with Gasteiger partial charge in [-0.1, -0.05) is 62.7 Å². The Labute approximate surface area is 457 Å². The van der Waals surface area contributed by atoms with Crippen molar-refractivity contribution in [2.75, 3.05) is 6.61 Å². The first-order valence-electron chi connectivity index (χ1n) is 25.0. The Hall–Kier alpha value is -8.77. The van der Waals surface area contributed by atoms with Crippen LogP contribution in [0.3, 0.4) is 0 Å². The first kappa shape index (κ1) is 67.3. The van der Waals surface area contributed by atoms with Gasteiger partial charge < -0.3 is 78.7 Å². The summed E-state index contributed by atoms with van der Waals surface area (Å²) in [5.41, 5.74) is 7.89. The van der Waals surface area contributed by atoms with E-state index in [0.29, 0.717) is 12.0 Å². The fourth-order valence-electron chi connectivity index (χ4n) is 7.43. The Morgan fingerprint density at radius 3 is 1.54 bits per heavy atom. The number of carboxylic acids is 4. The first-order chi connectivity index (χ1) is 37.5. The van der Waals surface area contributed by atoms with Gasteiger partial charge >= 0.3 is 23.9 Å². The van der Waals surface area contributed by atoms with Gasteiger partial charge in [0.05, 0.1) is 32.0 Å². The zero-order valence-electron chi connectivity index (χ0n) is 44.4. The molecule has 2 rings (SSSR count). The molecule has 0 radical (unpaired) electrons. The molecule has 1 unspecified atom stereocenters. The fourth-order valence-corrected chi connectivity index (χ4v) is 7.43. The maximum Gasteiger partial charge on any atom is 0.328 e. The highest BCUT2D eigenvalue weighted by Crippen LogP contribution is 2.15. The lowest BCUT2D eigenvalue weighted by Crippen LogP contribution is -2.64. The average molecular weight is 1130 g/mol. The van der Waals surface area contributed by atoms with E-state index in [2.05, 4.69) is 37.2 Å². The molecule has 11 atom stereocenters. The highest BCUT2D eigenvalue weighted by Gasteiger charge is 2.40. The van der Waals surface area contributed by atoms with Gasteiger partial charge in [0.15, 0.2) is 6.04 Å². The molecule has 0 bridgehead atoms. The Kier molecular flexibility index (Phi) is 27.6. The molecule has 9 amide bonds. The SMILES string of the molecule is CC[C@H](C)[C@H](NC(=O)[C@H](C)NC(=O)CC(C)O)C(=O)N[C@@H](Cc1ccccc1)C(=O)N[C@@H](CCC(=O)O)C(=O)N[C@@H](CO)C(=O)N[C@@H](Cc1ccc(O)cc1)C(=O)N[C@@H](CC(=O)O)C(=O)N(N[C@@H](C)C(=O)O)[C@@H](CC(N)=O)C(=O)O. The number of phenols is 1.